The molecule has 2 aromatic carbocycles. The summed E-state index contributed by atoms with van der Waals surface area (Å²) in [7, 11) is 4.55. The molecule has 1 N–H and O–H groups in total. The summed E-state index contributed by atoms with van der Waals surface area (Å²) in [6.45, 7) is 1.75. The Morgan fingerprint density at radius 1 is 1.09 bits per heavy atom. The van der Waals surface area contributed by atoms with E-state index < -0.39 is 23.9 Å². The van der Waals surface area contributed by atoms with Gasteiger partial charge in [0.2, 0.25) is 0 Å². The Kier molecular flexibility index (Phi) is 7.19. The molecule has 1 atom stereocenters. The van der Waals surface area contributed by atoms with E-state index >= 15 is 0 Å². The minimum atomic E-state index is -0.802. The van der Waals surface area contributed by atoms with Gasteiger partial charge in [-0.2, -0.15) is 0 Å². The largest absolute Gasteiger partial charge is 0.493 e. The maximum Gasteiger partial charge on any atom is 0.338 e. The molecule has 3 rings (SSSR count). The fraction of sp³-hybridized carbons (Fsp3) is 0.304. The molecule has 1 aliphatic rings. The molecule has 1 unspecified atom stereocenters. The predicted molar refractivity (Wildman–Crippen MR) is 114 cm³/mol. The molecule has 2 amide bonds. The molecule has 1 heterocycles. The van der Waals surface area contributed by atoms with Crippen LogP contribution in [0.2, 0.25) is 0 Å². The quantitative estimate of drug-likeness (QED) is 0.628. The van der Waals surface area contributed by atoms with Crippen LogP contribution in [0.1, 0.15) is 18.5 Å². The average molecular weight is 444 g/mol. The zero-order valence-corrected chi connectivity index (χ0v) is 18.3. The van der Waals surface area contributed by atoms with Gasteiger partial charge in [-0.3, -0.25) is 4.90 Å². The molecule has 0 aromatic heterocycles. The molecule has 0 fully saturated rings. The van der Waals surface area contributed by atoms with Gasteiger partial charge >= 0.3 is 12.0 Å². The van der Waals surface area contributed by atoms with Gasteiger partial charge in [-0.25, -0.2) is 14.0 Å². The lowest BCUT2D eigenvalue weighted by molar-refractivity contribution is -0.139. The Morgan fingerprint density at radius 2 is 1.78 bits per heavy atom. The first-order valence-corrected chi connectivity index (χ1v) is 9.94. The Hall–Kier alpha value is -3.75. The zero-order chi connectivity index (χ0) is 23.3. The number of nitrogens with zero attached hydrogens (tertiary/aromatic N) is 1. The van der Waals surface area contributed by atoms with Gasteiger partial charge in [0.1, 0.15) is 18.2 Å². The summed E-state index contributed by atoms with van der Waals surface area (Å²) in [6.07, 6.45) is 0. The first kappa shape index (κ1) is 22.9. The number of nitrogens with one attached hydrogen (secondary N) is 1. The van der Waals surface area contributed by atoms with E-state index in [0.29, 0.717) is 28.5 Å². The van der Waals surface area contributed by atoms with E-state index in [-0.39, 0.29) is 18.8 Å². The fourth-order valence-electron chi connectivity index (χ4n) is 3.35. The maximum absolute atomic E-state index is 13.2. The molecule has 2 aromatic rings. The highest BCUT2D eigenvalue weighted by atomic mass is 19.1. The normalized spacial score (nSPS) is 15.8. The molecule has 0 saturated heterocycles. The van der Waals surface area contributed by atoms with Crippen LogP contribution in [-0.4, -0.2) is 51.4 Å². The van der Waals surface area contributed by atoms with Crippen LogP contribution >= 0.6 is 0 Å². The van der Waals surface area contributed by atoms with Crippen molar-refractivity contribution >= 4 is 12.0 Å². The summed E-state index contributed by atoms with van der Waals surface area (Å²) in [6, 6.07) is 9.35. The second kappa shape index (κ2) is 10.0. The van der Waals surface area contributed by atoms with Crippen molar-refractivity contribution in [2.24, 2.45) is 0 Å². The number of likely N-dealkylation sites (N-methyl/N-ethyl adjacent to an activating group) is 1. The van der Waals surface area contributed by atoms with Crippen molar-refractivity contribution in [3.63, 3.8) is 0 Å². The minimum Gasteiger partial charge on any atom is -0.493 e. The number of methoxy groups -OCH3 is 2. The lowest BCUT2D eigenvalue weighted by Crippen LogP contribution is -2.48. The zero-order valence-electron chi connectivity index (χ0n) is 18.3. The minimum absolute atomic E-state index is 0.104. The summed E-state index contributed by atoms with van der Waals surface area (Å²) >= 11 is 0. The monoisotopic (exact) mass is 444 g/mol. The third kappa shape index (κ3) is 4.77. The van der Waals surface area contributed by atoms with Crippen LogP contribution in [0.15, 0.2) is 53.7 Å². The molecule has 0 radical (unpaired) electrons. The Labute approximate surface area is 185 Å². The summed E-state index contributed by atoms with van der Waals surface area (Å²) in [5, 5.41) is 2.82. The van der Waals surface area contributed by atoms with E-state index in [2.05, 4.69) is 5.32 Å². The SMILES string of the molecule is CCOC(=O)C1=C(COc2ccc(F)cc2)N(C)C(=O)NC1c1ccc(OC)c(OC)c1. The van der Waals surface area contributed by atoms with Gasteiger partial charge in [-0.15, -0.1) is 0 Å². The molecule has 9 heteroatoms. The third-order valence-corrected chi connectivity index (χ3v) is 5.00. The molecule has 0 bridgehead atoms. The van der Waals surface area contributed by atoms with Gasteiger partial charge in [0.05, 0.1) is 38.1 Å². The number of rotatable bonds is 8. The highest BCUT2D eigenvalue weighted by Crippen LogP contribution is 2.36. The van der Waals surface area contributed by atoms with Crippen LogP contribution in [0.25, 0.3) is 0 Å². The van der Waals surface area contributed by atoms with Crippen LogP contribution in [0, 0.1) is 5.82 Å². The molecule has 1 aliphatic heterocycles. The molecule has 32 heavy (non-hydrogen) atoms. The van der Waals surface area contributed by atoms with Crippen LogP contribution in [-0.2, 0) is 9.53 Å². The highest BCUT2D eigenvalue weighted by molar-refractivity contribution is 5.95. The first-order valence-electron chi connectivity index (χ1n) is 9.94. The summed E-state index contributed by atoms with van der Waals surface area (Å²) in [5.41, 5.74) is 1.16. The van der Waals surface area contributed by atoms with Crippen molar-refractivity contribution in [2.45, 2.75) is 13.0 Å². The topological polar surface area (TPSA) is 86.3 Å². The van der Waals surface area contributed by atoms with E-state index in [1.54, 1.807) is 25.1 Å². The second-order valence-corrected chi connectivity index (χ2v) is 6.88. The van der Waals surface area contributed by atoms with E-state index in [0.717, 1.165) is 0 Å². The van der Waals surface area contributed by atoms with E-state index in [1.165, 1.54) is 50.4 Å². The van der Waals surface area contributed by atoms with Crippen molar-refractivity contribution in [1.29, 1.82) is 0 Å². The van der Waals surface area contributed by atoms with Gasteiger partial charge in [0.15, 0.2) is 11.5 Å². The Morgan fingerprint density at radius 3 is 2.41 bits per heavy atom. The fourth-order valence-corrected chi connectivity index (χ4v) is 3.35. The Bertz CT molecular complexity index is 1020. The molecular formula is C23H25FN2O6. The number of urea groups is 1. The predicted octanol–water partition coefficient (Wildman–Crippen LogP) is 3.44. The summed E-state index contributed by atoms with van der Waals surface area (Å²) in [4.78, 5) is 27.0. The van der Waals surface area contributed by atoms with Crippen LogP contribution in [0.5, 0.6) is 17.2 Å². The number of hydrogen-bond donors (Lipinski definition) is 1. The number of amides is 2. The van der Waals surface area contributed by atoms with Gasteiger partial charge in [-0.1, -0.05) is 6.07 Å². The van der Waals surface area contributed by atoms with Crippen molar-refractivity contribution in [3.8, 4) is 17.2 Å². The molecule has 0 aliphatic carbocycles. The van der Waals surface area contributed by atoms with Crippen molar-refractivity contribution in [2.75, 3.05) is 34.5 Å². The molecular weight excluding hydrogens is 419 g/mol. The summed E-state index contributed by atoms with van der Waals surface area (Å²) in [5.74, 6) is 0.370. The number of halogens is 1. The molecule has 8 nitrogen and oxygen atoms in total. The number of carbonyl (C=O) groups excluding carboxylic acids is 2. The Balaban J connectivity index is 2.05. The first-order chi connectivity index (χ1) is 15.4. The average Bonchev–Trinajstić information content (AvgIpc) is 2.80. The smallest absolute Gasteiger partial charge is 0.338 e. The van der Waals surface area contributed by atoms with E-state index in [4.69, 9.17) is 18.9 Å². The van der Waals surface area contributed by atoms with Crippen molar-refractivity contribution in [1.82, 2.24) is 10.2 Å². The summed E-state index contributed by atoms with van der Waals surface area (Å²) < 4.78 is 34.9. The standard InChI is InChI=1S/C23H25FN2O6/c1-5-31-22(27)20-17(13-32-16-9-7-15(24)8-10-16)26(2)23(28)25-21(20)14-6-11-18(29-3)19(12-14)30-4/h6-12,21H,5,13H2,1-4H3,(H,25,28). The molecule has 170 valence electrons. The number of ether oxygens (including phenoxy) is 4. The molecule has 0 saturated carbocycles. The van der Waals surface area contributed by atoms with Crippen LogP contribution in [0.3, 0.4) is 0 Å². The number of benzene rings is 2. The second-order valence-electron chi connectivity index (χ2n) is 6.88. The maximum atomic E-state index is 13.2. The van der Waals surface area contributed by atoms with Gasteiger partial charge in [0.25, 0.3) is 0 Å². The highest BCUT2D eigenvalue weighted by Gasteiger charge is 2.37. The lowest BCUT2D eigenvalue weighted by Gasteiger charge is -2.34. The van der Waals surface area contributed by atoms with Crippen molar-refractivity contribution in [3.05, 3.63) is 65.1 Å². The third-order valence-electron chi connectivity index (χ3n) is 5.00. The van der Waals surface area contributed by atoms with Crippen LogP contribution < -0.4 is 19.5 Å². The lowest BCUT2D eigenvalue weighted by atomic mass is 9.94. The van der Waals surface area contributed by atoms with Crippen molar-refractivity contribution < 1.29 is 32.9 Å². The van der Waals surface area contributed by atoms with Gasteiger partial charge in [-0.05, 0) is 48.9 Å². The van der Waals surface area contributed by atoms with Crippen LogP contribution in [0.4, 0.5) is 9.18 Å². The van der Waals surface area contributed by atoms with E-state index in [9.17, 15) is 14.0 Å². The van der Waals surface area contributed by atoms with E-state index in [1.807, 2.05) is 0 Å². The number of carbonyl (C=O) groups is 2. The number of hydrogen-bond acceptors (Lipinski definition) is 6. The number of esters is 1. The molecule has 0 spiro atoms. The van der Waals surface area contributed by atoms with Gasteiger partial charge < -0.3 is 24.3 Å². The van der Waals surface area contributed by atoms with Gasteiger partial charge in [0, 0.05) is 7.05 Å².